The highest BCUT2D eigenvalue weighted by Gasteiger charge is 2.35. The van der Waals surface area contributed by atoms with Crippen molar-refractivity contribution in [2.75, 3.05) is 32.2 Å². The van der Waals surface area contributed by atoms with Gasteiger partial charge >= 0.3 is 6.01 Å². The van der Waals surface area contributed by atoms with Crippen LogP contribution in [0.5, 0.6) is 0 Å². The maximum Gasteiger partial charge on any atom is 0.315 e. The number of nitrogens with one attached hydrogen (secondary N) is 1. The van der Waals surface area contributed by atoms with Crippen molar-refractivity contribution >= 4 is 17.6 Å². The Morgan fingerprint density at radius 1 is 1.56 bits per heavy atom. The molecule has 7 heteroatoms. The second kappa shape index (κ2) is 4.99. The van der Waals surface area contributed by atoms with E-state index in [9.17, 15) is 0 Å². The van der Waals surface area contributed by atoms with Gasteiger partial charge in [0.25, 0.3) is 0 Å². The fraction of sp³-hybridized carbons (Fsp3) is 0.778. The first-order valence-corrected chi connectivity index (χ1v) is 5.56. The lowest BCUT2D eigenvalue weighted by atomic mass is 10.0. The van der Waals surface area contributed by atoms with Crippen LogP contribution in [0.1, 0.15) is 12.3 Å². The summed E-state index contributed by atoms with van der Waals surface area (Å²) >= 11 is 5.55. The van der Waals surface area contributed by atoms with Crippen LogP contribution < -0.4 is 5.32 Å². The van der Waals surface area contributed by atoms with Gasteiger partial charge in [0, 0.05) is 20.1 Å². The summed E-state index contributed by atoms with van der Waals surface area (Å²) in [6, 6.07) is 0.360. The predicted molar refractivity (Wildman–Crippen MR) is 57.5 cm³/mol. The molecule has 0 bridgehead atoms. The first-order valence-electron chi connectivity index (χ1n) is 5.03. The van der Waals surface area contributed by atoms with Crippen molar-refractivity contribution in [3.05, 3.63) is 5.89 Å². The van der Waals surface area contributed by atoms with Gasteiger partial charge in [-0.2, -0.15) is 0 Å². The van der Waals surface area contributed by atoms with Gasteiger partial charge in [-0.1, -0.05) is 5.10 Å². The van der Waals surface area contributed by atoms with Crippen LogP contribution in [0.25, 0.3) is 0 Å². The summed E-state index contributed by atoms with van der Waals surface area (Å²) in [7, 11) is 1.67. The van der Waals surface area contributed by atoms with Crippen LogP contribution in [0, 0.1) is 0 Å². The first-order chi connectivity index (χ1) is 7.78. The number of aromatic nitrogens is 2. The number of hydrogen-bond donors (Lipinski definition) is 1. The smallest absolute Gasteiger partial charge is 0.315 e. The van der Waals surface area contributed by atoms with Crippen molar-refractivity contribution in [2.45, 2.75) is 17.9 Å². The minimum absolute atomic E-state index is 0.215. The molecule has 0 radical (unpaired) electrons. The molecule has 1 fully saturated rings. The fourth-order valence-electron chi connectivity index (χ4n) is 1.58. The number of alkyl halides is 1. The molecule has 90 valence electrons. The summed E-state index contributed by atoms with van der Waals surface area (Å²) in [5.41, 5.74) is -0.296. The summed E-state index contributed by atoms with van der Waals surface area (Å²) in [6.45, 7) is 1.87. The number of methoxy groups -OCH3 is 1. The Kier molecular flexibility index (Phi) is 3.63. The number of halogens is 1. The third-order valence-corrected chi connectivity index (χ3v) is 2.87. The van der Waals surface area contributed by atoms with E-state index in [2.05, 4.69) is 15.5 Å². The molecule has 1 aliphatic rings. The molecule has 0 spiro atoms. The molecular formula is C9H14ClN3O3. The van der Waals surface area contributed by atoms with Gasteiger partial charge in [-0.3, -0.25) is 0 Å². The minimum Gasteiger partial charge on any atom is -0.407 e. The Hall–Kier alpha value is -0.850. The molecule has 1 aliphatic heterocycles. The molecule has 1 N–H and O–H groups in total. The highest BCUT2D eigenvalue weighted by atomic mass is 35.5. The molecule has 0 aliphatic carbocycles. The van der Waals surface area contributed by atoms with Gasteiger partial charge in [-0.15, -0.1) is 16.7 Å². The molecule has 6 nitrogen and oxygen atoms in total. The average molecular weight is 248 g/mol. The van der Waals surface area contributed by atoms with Gasteiger partial charge in [0.15, 0.2) is 0 Å². The Balaban J connectivity index is 1.90. The van der Waals surface area contributed by atoms with E-state index in [1.807, 2.05) is 0 Å². The van der Waals surface area contributed by atoms with E-state index >= 15 is 0 Å². The van der Waals surface area contributed by atoms with Gasteiger partial charge < -0.3 is 19.2 Å². The fourth-order valence-corrected chi connectivity index (χ4v) is 1.68. The zero-order chi connectivity index (χ0) is 11.4. The molecule has 1 saturated heterocycles. The molecule has 2 rings (SSSR count). The van der Waals surface area contributed by atoms with Crippen molar-refractivity contribution in [3.63, 3.8) is 0 Å². The summed E-state index contributed by atoms with van der Waals surface area (Å²) in [4.78, 5) is 0. The number of anilines is 1. The van der Waals surface area contributed by atoms with E-state index in [1.54, 1.807) is 7.11 Å². The predicted octanol–water partition coefficient (Wildman–Crippen LogP) is 1.03. The lowest BCUT2D eigenvalue weighted by Crippen LogP contribution is -2.39. The van der Waals surface area contributed by atoms with E-state index in [0.717, 1.165) is 6.42 Å². The molecule has 16 heavy (non-hydrogen) atoms. The van der Waals surface area contributed by atoms with Crippen LogP contribution in [-0.2, 0) is 15.4 Å². The maximum atomic E-state index is 5.55. The van der Waals surface area contributed by atoms with Crippen LogP contribution in [0.2, 0.25) is 0 Å². The molecule has 1 aromatic rings. The highest BCUT2D eigenvalue weighted by molar-refractivity contribution is 6.16. The Morgan fingerprint density at radius 2 is 2.44 bits per heavy atom. The molecule has 0 saturated carbocycles. The molecule has 1 atom stereocenters. The molecule has 0 aromatic carbocycles. The normalized spacial score (nSPS) is 24.9. The van der Waals surface area contributed by atoms with E-state index in [1.165, 1.54) is 0 Å². The average Bonchev–Trinajstić information content (AvgIpc) is 2.96. The Morgan fingerprint density at radius 3 is 3.00 bits per heavy atom. The summed E-state index contributed by atoms with van der Waals surface area (Å²) < 4.78 is 16.0. The van der Waals surface area contributed by atoms with Crippen LogP contribution in [0.3, 0.4) is 0 Å². The summed E-state index contributed by atoms with van der Waals surface area (Å²) in [5, 5.41) is 10.6. The number of nitrogens with zero attached hydrogens (tertiary/aromatic N) is 2. The second-order valence-corrected chi connectivity index (χ2v) is 3.95. The van der Waals surface area contributed by atoms with Gasteiger partial charge in [0.05, 0.1) is 13.2 Å². The topological polar surface area (TPSA) is 69.4 Å². The van der Waals surface area contributed by atoms with Crippen LogP contribution in [0.4, 0.5) is 6.01 Å². The van der Waals surface area contributed by atoms with E-state index in [-0.39, 0.29) is 11.5 Å². The molecule has 1 aromatic heterocycles. The lowest BCUT2D eigenvalue weighted by Gasteiger charge is -2.25. The van der Waals surface area contributed by atoms with Crippen molar-refractivity contribution in [3.8, 4) is 0 Å². The number of ether oxygens (including phenoxy) is 2. The van der Waals surface area contributed by atoms with Gasteiger partial charge in [-0.05, 0) is 0 Å². The second-order valence-electron chi connectivity index (χ2n) is 3.68. The third kappa shape index (κ3) is 2.45. The third-order valence-electron chi connectivity index (χ3n) is 2.64. The van der Waals surface area contributed by atoms with Crippen molar-refractivity contribution in [1.29, 1.82) is 0 Å². The highest BCUT2D eigenvalue weighted by Crippen LogP contribution is 2.23. The molecule has 0 amide bonds. The Labute approximate surface area is 98.3 Å². The van der Waals surface area contributed by atoms with Gasteiger partial charge in [-0.25, -0.2) is 0 Å². The van der Waals surface area contributed by atoms with Crippen molar-refractivity contribution in [2.24, 2.45) is 0 Å². The first kappa shape index (κ1) is 11.6. The number of rotatable bonds is 5. The van der Waals surface area contributed by atoms with Crippen LogP contribution >= 0.6 is 11.6 Å². The lowest BCUT2D eigenvalue weighted by molar-refractivity contribution is -0.00654. The Bertz CT molecular complexity index is 338. The SMILES string of the molecule is COC1(CNc2nnc(CCl)o2)CCOC1. The maximum absolute atomic E-state index is 5.55. The zero-order valence-corrected chi connectivity index (χ0v) is 9.79. The van der Waals surface area contributed by atoms with Crippen molar-refractivity contribution in [1.82, 2.24) is 10.2 Å². The van der Waals surface area contributed by atoms with E-state index < -0.39 is 0 Å². The number of hydrogen-bond acceptors (Lipinski definition) is 6. The van der Waals surface area contributed by atoms with E-state index in [0.29, 0.717) is 31.7 Å². The summed E-state index contributed by atoms with van der Waals surface area (Å²) in [6.07, 6.45) is 0.854. The largest absolute Gasteiger partial charge is 0.407 e. The minimum atomic E-state index is -0.296. The van der Waals surface area contributed by atoms with Crippen molar-refractivity contribution < 1.29 is 13.9 Å². The standard InChI is InChI=1S/C9H14ClN3O3/c1-14-9(2-3-15-6-9)5-11-8-13-12-7(4-10)16-8/h2-6H2,1H3,(H,11,13). The van der Waals surface area contributed by atoms with Crippen LogP contribution in [0.15, 0.2) is 4.42 Å². The van der Waals surface area contributed by atoms with E-state index in [4.69, 9.17) is 25.5 Å². The summed E-state index contributed by atoms with van der Waals surface area (Å²) in [5.74, 6) is 0.617. The molecule has 2 heterocycles. The monoisotopic (exact) mass is 247 g/mol. The van der Waals surface area contributed by atoms with Gasteiger partial charge in [0.1, 0.15) is 11.5 Å². The zero-order valence-electron chi connectivity index (χ0n) is 9.03. The molecular weight excluding hydrogens is 234 g/mol. The molecule has 1 unspecified atom stereocenters. The quantitative estimate of drug-likeness (QED) is 0.784. The van der Waals surface area contributed by atoms with Crippen LogP contribution in [-0.4, -0.2) is 42.7 Å². The van der Waals surface area contributed by atoms with Gasteiger partial charge in [0.2, 0.25) is 5.89 Å².